The monoisotopic (exact) mass is 277 g/mol. The summed E-state index contributed by atoms with van der Waals surface area (Å²) in [6, 6.07) is 17.4. The van der Waals surface area contributed by atoms with E-state index < -0.39 is 0 Å². The minimum Gasteiger partial charge on any atom is -0.301 e. The van der Waals surface area contributed by atoms with Crippen LogP contribution in [-0.4, -0.2) is 12.1 Å². The number of hydrogen-bond acceptors (Lipinski definition) is 3. The Morgan fingerprint density at radius 1 is 1.00 bits per heavy atom. The maximum absolute atomic E-state index is 3.34. The van der Waals surface area contributed by atoms with Gasteiger partial charge in [-0.05, 0) is 23.5 Å². The van der Waals surface area contributed by atoms with E-state index in [1.54, 1.807) is 0 Å². The van der Waals surface area contributed by atoms with Gasteiger partial charge in [0.25, 0.3) is 0 Å². The zero-order valence-electron chi connectivity index (χ0n) is 12.4. The largest absolute Gasteiger partial charge is 0.301 e. The molecule has 1 unspecified atom stereocenters. The summed E-state index contributed by atoms with van der Waals surface area (Å²) in [4.78, 5) is 0. The summed E-state index contributed by atoms with van der Waals surface area (Å²) < 4.78 is 0. The lowest BCUT2D eigenvalue weighted by atomic mass is 9.84. The van der Waals surface area contributed by atoms with Crippen LogP contribution in [0.2, 0.25) is 0 Å². The summed E-state index contributed by atoms with van der Waals surface area (Å²) in [5, 5.41) is 2.07. The molecule has 1 heterocycles. The topological polar surface area (TPSA) is 27.3 Å². The van der Waals surface area contributed by atoms with Crippen LogP contribution in [0.3, 0.4) is 0 Å². The van der Waals surface area contributed by atoms with Crippen LogP contribution in [-0.2, 0) is 6.42 Å². The first-order valence-corrected chi connectivity index (χ1v) is 7.43. The van der Waals surface area contributed by atoms with Crippen molar-refractivity contribution in [3.63, 3.8) is 0 Å². The van der Waals surface area contributed by atoms with Crippen LogP contribution in [0.25, 0.3) is 11.4 Å². The third kappa shape index (κ3) is 1.85. The lowest BCUT2D eigenvalue weighted by Crippen LogP contribution is -2.34. The summed E-state index contributed by atoms with van der Waals surface area (Å²) in [5.41, 5.74) is 14.4. The van der Waals surface area contributed by atoms with Crippen molar-refractivity contribution in [3.8, 4) is 0 Å². The van der Waals surface area contributed by atoms with Crippen LogP contribution in [0.4, 0.5) is 0 Å². The summed E-state index contributed by atoms with van der Waals surface area (Å²) >= 11 is 0. The van der Waals surface area contributed by atoms with E-state index in [2.05, 4.69) is 78.5 Å². The van der Waals surface area contributed by atoms with Crippen LogP contribution in [0.1, 0.15) is 35.1 Å². The Morgan fingerprint density at radius 3 is 2.57 bits per heavy atom. The van der Waals surface area contributed by atoms with Crippen molar-refractivity contribution >= 4 is 11.4 Å². The van der Waals surface area contributed by atoms with E-state index in [0.717, 1.165) is 6.42 Å². The van der Waals surface area contributed by atoms with Gasteiger partial charge < -0.3 is 5.43 Å². The van der Waals surface area contributed by atoms with E-state index in [9.17, 15) is 0 Å². The highest BCUT2D eigenvalue weighted by atomic mass is 15.7. The molecule has 0 saturated carbocycles. The van der Waals surface area contributed by atoms with Crippen molar-refractivity contribution in [2.24, 2.45) is 0 Å². The van der Waals surface area contributed by atoms with E-state index in [0.29, 0.717) is 5.92 Å². The highest BCUT2D eigenvalue weighted by Crippen LogP contribution is 2.38. The Labute approximate surface area is 125 Å². The standard InChI is InChI=1S/C18H19N3/c1-12-11-13-7-3-4-9-15(13)17-18(21(2)20-19-17)16-10-6-5-8-14(12)16/h3-10,12,19-20H,11H2,1-2H3. The van der Waals surface area contributed by atoms with Crippen molar-refractivity contribution in [1.29, 1.82) is 0 Å². The number of fused-ring (bicyclic) bond motifs is 4. The van der Waals surface area contributed by atoms with Crippen molar-refractivity contribution < 1.29 is 0 Å². The molecule has 21 heavy (non-hydrogen) atoms. The molecule has 0 amide bonds. The van der Waals surface area contributed by atoms with Crippen LogP contribution < -0.4 is 11.0 Å². The first-order chi connectivity index (χ1) is 10.3. The molecule has 1 aliphatic heterocycles. The Morgan fingerprint density at radius 2 is 1.71 bits per heavy atom. The molecule has 2 aromatic rings. The molecule has 0 saturated heterocycles. The van der Waals surface area contributed by atoms with Crippen molar-refractivity contribution in [2.45, 2.75) is 19.3 Å². The third-order valence-electron chi connectivity index (χ3n) is 4.48. The van der Waals surface area contributed by atoms with Crippen molar-refractivity contribution in [3.05, 3.63) is 70.8 Å². The minimum absolute atomic E-state index is 0.505. The molecule has 106 valence electrons. The maximum Gasteiger partial charge on any atom is 0.0860 e. The average Bonchev–Trinajstić information content (AvgIpc) is 2.87. The van der Waals surface area contributed by atoms with Gasteiger partial charge in [-0.25, -0.2) is 0 Å². The summed E-state index contributed by atoms with van der Waals surface area (Å²) in [5.74, 6) is 0.505. The van der Waals surface area contributed by atoms with Gasteiger partial charge in [0, 0.05) is 18.2 Å². The molecule has 0 aromatic heterocycles. The normalized spacial score (nSPS) is 20.1. The maximum atomic E-state index is 3.34. The fourth-order valence-electron chi connectivity index (χ4n) is 3.46. The second kappa shape index (κ2) is 4.64. The van der Waals surface area contributed by atoms with Crippen LogP contribution in [0, 0.1) is 0 Å². The van der Waals surface area contributed by atoms with Gasteiger partial charge in [0.15, 0.2) is 0 Å². The Bertz CT molecular complexity index is 733. The minimum atomic E-state index is 0.505. The Balaban J connectivity index is 2.05. The molecule has 2 aromatic carbocycles. The van der Waals surface area contributed by atoms with E-state index in [1.807, 2.05) is 0 Å². The van der Waals surface area contributed by atoms with Gasteiger partial charge >= 0.3 is 0 Å². The first-order valence-electron chi connectivity index (χ1n) is 7.43. The van der Waals surface area contributed by atoms with Crippen LogP contribution >= 0.6 is 0 Å². The van der Waals surface area contributed by atoms with Gasteiger partial charge in [0.05, 0.1) is 11.4 Å². The SMILES string of the molecule is CC1Cc2ccccc2C2=C(c3ccccc31)N(C)NN2. The number of rotatable bonds is 0. The highest BCUT2D eigenvalue weighted by molar-refractivity contribution is 5.92. The molecule has 3 nitrogen and oxygen atoms in total. The van der Waals surface area contributed by atoms with Gasteiger partial charge in [-0.2, -0.15) is 0 Å². The van der Waals surface area contributed by atoms with Gasteiger partial charge in [-0.3, -0.25) is 5.01 Å². The van der Waals surface area contributed by atoms with Crippen molar-refractivity contribution in [2.75, 3.05) is 7.05 Å². The molecule has 0 spiro atoms. The quantitative estimate of drug-likeness (QED) is 0.774. The highest BCUT2D eigenvalue weighted by Gasteiger charge is 2.28. The molecule has 3 heteroatoms. The molecule has 0 fully saturated rings. The van der Waals surface area contributed by atoms with Gasteiger partial charge in [0.2, 0.25) is 0 Å². The number of nitrogens with zero attached hydrogens (tertiary/aromatic N) is 1. The predicted molar refractivity (Wildman–Crippen MR) is 85.9 cm³/mol. The third-order valence-corrected chi connectivity index (χ3v) is 4.48. The molecule has 2 aliphatic rings. The Hall–Kier alpha value is -2.26. The molecule has 1 aliphatic carbocycles. The van der Waals surface area contributed by atoms with Crippen LogP contribution in [0.15, 0.2) is 48.5 Å². The molecule has 4 rings (SSSR count). The molecule has 2 N–H and O–H groups in total. The predicted octanol–water partition coefficient (Wildman–Crippen LogP) is 3.13. The second-order valence-corrected chi connectivity index (χ2v) is 5.87. The van der Waals surface area contributed by atoms with Crippen molar-refractivity contribution in [1.82, 2.24) is 16.0 Å². The molecular weight excluding hydrogens is 258 g/mol. The van der Waals surface area contributed by atoms with E-state index in [-0.39, 0.29) is 0 Å². The lowest BCUT2D eigenvalue weighted by Gasteiger charge is -2.24. The van der Waals surface area contributed by atoms with E-state index in [1.165, 1.54) is 33.6 Å². The van der Waals surface area contributed by atoms with Gasteiger partial charge in [-0.1, -0.05) is 55.5 Å². The fourth-order valence-corrected chi connectivity index (χ4v) is 3.46. The summed E-state index contributed by atoms with van der Waals surface area (Å²) in [6.45, 7) is 2.32. The van der Waals surface area contributed by atoms with Gasteiger partial charge in [0.1, 0.15) is 0 Å². The van der Waals surface area contributed by atoms with E-state index in [4.69, 9.17) is 0 Å². The first kappa shape index (κ1) is 12.5. The molecule has 0 radical (unpaired) electrons. The zero-order chi connectivity index (χ0) is 14.4. The lowest BCUT2D eigenvalue weighted by molar-refractivity contribution is 0.345. The number of hydrazine groups is 2. The van der Waals surface area contributed by atoms with Gasteiger partial charge in [-0.15, -0.1) is 5.53 Å². The van der Waals surface area contributed by atoms with Crippen LogP contribution in [0.5, 0.6) is 0 Å². The molecule has 1 atom stereocenters. The zero-order valence-corrected chi connectivity index (χ0v) is 12.4. The smallest absolute Gasteiger partial charge is 0.0860 e. The molecular formula is C18H19N3. The number of benzene rings is 2. The van der Waals surface area contributed by atoms with E-state index >= 15 is 0 Å². The summed E-state index contributed by atoms with van der Waals surface area (Å²) in [7, 11) is 2.06. The fraction of sp³-hybridized carbons (Fsp3) is 0.222. The summed E-state index contributed by atoms with van der Waals surface area (Å²) in [6.07, 6.45) is 1.06. The second-order valence-electron chi connectivity index (χ2n) is 5.87. The average molecular weight is 277 g/mol. The Kier molecular flexibility index (Phi) is 2.76. The molecule has 0 bridgehead atoms. The number of hydrogen-bond donors (Lipinski definition) is 2. The number of nitrogens with one attached hydrogen (secondary N) is 2.